The van der Waals surface area contributed by atoms with Gasteiger partial charge in [-0.05, 0) is 75.1 Å². The standard InChI is InChI=1S/C49H66ClN11O6S2/c1-29(31-14-16-32(17-15-31)42-30(2)55-28-68-42)56-45(66)35-25-33(62)27-61(35)47(67)43(48(3,4)5)59-39(64)13-8-7-9-22-53-38(63)18-19-40(65)57-34-11-10-12-36(41(34)50)69-46-44(51)58-37(26-54-46)60-23-20-49(6,52)21-24-60/h10-12,14-17,26,28-29,33,35,43,62H,7-9,13,18-25,27,52H2,1-6H3,(H2,51,58)(H,53,63)(H,56,66)(H,57,65)(H,59,64)/t29-,33+,35-,43+/m0/s1. The molecule has 0 aliphatic carbocycles. The molecular formula is C49H66ClN11O6S2. The molecule has 4 aromatic rings. The van der Waals surface area contributed by atoms with Gasteiger partial charge in [-0.2, -0.15) is 0 Å². The number of unbranched alkanes of at least 4 members (excludes halogenated alkanes) is 2. The number of hydrogen-bond donors (Lipinski definition) is 7. The normalized spacial score (nSPS) is 17.8. The number of likely N-dealkylation sites (tertiary alicyclic amines) is 1. The fourth-order valence-corrected chi connectivity index (χ4v) is 10.2. The van der Waals surface area contributed by atoms with Crippen molar-refractivity contribution in [2.24, 2.45) is 11.1 Å². The van der Waals surface area contributed by atoms with E-state index < -0.39 is 29.5 Å². The van der Waals surface area contributed by atoms with E-state index in [1.54, 1.807) is 35.7 Å². The zero-order valence-electron chi connectivity index (χ0n) is 40.3. The van der Waals surface area contributed by atoms with E-state index in [0.717, 1.165) is 47.6 Å². The second-order valence-corrected chi connectivity index (χ2v) is 21.6. The van der Waals surface area contributed by atoms with Gasteiger partial charge in [-0.25, -0.2) is 15.0 Å². The first-order valence-corrected chi connectivity index (χ1v) is 25.5. The minimum atomic E-state index is -0.937. The maximum Gasteiger partial charge on any atom is 0.246 e. The lowest BCUT2D eigenvalue weighted by atomic mass is 9.85. The van der Waals surface area contributed by atoms with E-state index >= 15 is 0 Å². The average molecular weight is 1000 g/mol. The van der Waals surface area contributed by atoms with Gasteiger partial charge in [0.15, 0.2) is 5.82 Å². The molecule has 6 rings (SSSR count). The average Bonchev–Trinajstić information content (AvgIpc) is 3.92. The maximum atomic E-state index is 14.1. The number of thiazole rings is 1. The molecule has 69 heavy (non-hydrogen) atoms. The lowest BCUT2D eigenvalue weighted by Crippen LogP contribution is -2.57. The summed E-state index contributed by atoms with van der Waals surface area (Å²) in [5.41, 5.74) is 16.8. The van der Waals surface area contributed by atoms with Crippen LogP contribution >= 0.6 is 34.7 Å². The summed E-state index contributed by atoms with van der Waals surface area (Å²) in [5, 5.41) is 23.0. The summed E-state index contributed by atoms with van der Waals surface area (Å²) in [6.45, 7) is 13.3. The Hall–Kier alpha value is -5.34. The highest BCUT2D eigenvalue weighted by Crippen LogP contribution is 2.39. The Balaban J connectivity index is 0.889. The van der Waals surface area contributed by atoms with Crippen LogP contribution in [0.3, 0.4) is 0 Å². The molecule has 2 aliphatic rings. The molecule has 2 saturated heterocycles. The molecule has 0 saturated carbocycles. The number of carbonyl (C=O) groups is 5. The van der Waals surface area contributed by atoms with Crippen LogP contribution < -0.4 is 37.6 Å². The van der Waals surface area contributed by atoms with Crippen LogP contribution in [0.15, 0.2) is 64.1 Å². The second-order valence-electron chi connectivity index (χ2n) is 19.4. The van der Waals surface area contributed by atoms with Crippen LogP contribution in [0.2, 0.25) is 5.02 Å². The number of aryl methyl sites for hydroxylation is 1. The number of aliphatic hydroxyl groups is 1. The maximum absolute atomic E-state index is 14.1. The van der Waals surface area contributed by atoms with Crippen molar-refractivity contribution in [3.63, 3.8) is 0 Å². The molecule has 0 bridgehead atoms. The van der Waals surface area contributed by atoms with E-state index in [1.165, 1.54) is 16.7 Å². The largest absolute Gasteiger partial charge is 0.391 e. The highest BCUT2D eigenvalue weighted by molar-refractivity contribution is 7.99. The number of halogens is 1. The third-order valence-corrected chi connectivity index (χ3v) is 15.0. The van der Waals surface area contributed by atoms with Crippen molar-refractivity contribution < 1.29 is 29.1 Å². The molecule has 20 heteroatoms. The number of nitrogens with one attached hydrogen (secondary N) is 4. The summed E-state index contributed by atoms with van der Waals surface area (Å²) in [6.07, 6.45) is 4.40. The zero-order valence-corrected chi connectivity index (χ0v) is 42.7. The molecule has 2 aromatic heterocycles. The van der Waals surface area contributed by atoms with Crippen LogP contribution in [0.1, 0.15) is 110 Å². The van der Waals surface area contributed by atoms with Gasteiger partial charge in [-0.3, -0.25) is 24.0 Å². The van der Waals surface area contributed by atoms with E-state index in [9.17, 15) is 29.1 Å². The number of aliphatic hydroxyl groups excluding tert-OH is 1. The molecule has 5 amide bonds. The molecule has 0 unspecified atom stereocenters. The fraction of sp³-hybridized carbons (Fsp3) is 0.510. The number of aromatic nitrogens is 3. The molecule has 2 fully saturated rings. The first kappa shape index (κ1) is 53.0. The SMILES string of the molecule is Cc1ncsc1-c1ccc([C@H](C)NC(=O)[C@@H]2C[C@@H](O)CN2C(=O)[C@@H](NC(=O)CCCCCNC(=O)CCC(=O)Nc2cccc(Sc3ncc(N4CCC(C)(N)CC4)nc3N)c2Cl)C(C)(C)C)cc1. The van der Waals surface area contributed by atoms with Crippen molar-refractivity contribution in [1.29, 1.82) is 0 Å². The molecule has 9 N–H and O–H groups in total. The van der Waals surface area contributed by atoms with E-state index in [0.29, 0.717) is 52.3 Å². The highest BCUT2D eigenvalue weighted by Gasteiger charge is 2.44. The van der Waals surface area contributed by atoms with Gasteiger partial charge < -0.3 is 47.6 Å². The fourth-order valence-electron chi connectivity index (χ4n) is 8.24. The quantitative estimate of drug-likeness (QED) is 0.0505. The Morgan fingerprint density at radius 3 is 2.35 bits per heavy atom. The Morgan fingerprint density at radius 1 is 0.971 bits per heavy atom. The second kappa shape index (κ2) is 23.5. The van der Waals surface area contributed by atoms with E-state index in [1.807, 2.05) is 64.4 Å². The van der Waals surface area contributed by atoms with Gasteiger partial charge in [0.2, 0.25) is 29.5 Å². The van der Waals surface area contributed by atoms with Crippen molar-refractivity contribution in [3.8, 4) is 10.4 Å². The predicted molar refractivity (Wildman–Crippen MR) is 272 cm³/mol. The monoisotopic (exact) mass is 1000 g/mol. The first-order chi connectivity index (χ1) is 32.7. The Bertz CT molecular complexity index is 2450. The summed E-state index contributed by atoms with van der Waals surface area (Å²) in [5.74, 6) is -0.811. The van der Waals surface area contributed by atoms with E-state index in [4.69, 9.17) is 23.1 Å². The minimum Gasteiger partial charge on any atom is -0.391 e. The zero-order chi connectivity index (χ0) is 50.0. The van der Waals surface area contributed by atoms with Gasteiger partial charge in [0, 0.05) is 62.3 Å². The van der Waals surface area contributed by atoms with Gasteiger partial charge in [0.25, 0.3) is 0 Å². The van der Waals surface area contributed by atoms with Gasteiger partial charge in [-0.1, -0.05) is 80.9 Å². The molecule has 2 aliphatic heterocycles. The van der Waals surface area contributed by atoms with Crippen molar-refractivity contribution in [1.82, 2.24) is 35.8 Å². The Labute approximate surface area is 417 Å². The number of rotatable bonds is 19. The minimum absolute atomic E-state index is 0.0208. The van der Waals surface area contributed by atoms with Crippen molar-refractivity contribution in [2.45, 2.75) is 139 Å². The van der Waals surface area contributed by atoms with E-state index in [2.05, 4.69) is 48.0 Å². The summed E-state index contributed by atoms with van der Waals surface area (Å²) < 4.78 is 0. The number of nitrogens with two attached hydrogens (primary N) is 2. The van der Waals surface area contributed by atoms with Gasteiger partial charge >= 0.3 is 0 Å². The van der Waals surface area contributed by atoms with Crippen LogP contribution in [0, 0.1) is 12.3 Å². The molecule has 4 atom stereocenters. The molecule has 0 radical (unpaired) electrons. The number of β-amino-alcohol motifs (C(OH)–C–C–N with tert-alkyl or cyclic N) is 1. The molecule has 17 nitrogen and oxygen atoms in total. The lowest BCUT2D eigenvalue weighted by molar-refractivity contribution is -0.144. The number of piperidine rings is 1. The van der Waals surface area contributed by atoms with Crippen LogP contribution in [0.25, 0.3) is 10.4 Å². The summed E-state index contributed by atoms with van der Waals surface area (Å²) in [4.78, 5) is 85.0. The number of anilines is 3. The number of hydrogen-bond acceptors (Lipinski definition) is 14. The predicted octanol–water partition coefficient (Wildman–Crippen LogP) is 6.38. The van der Waals surface area contributed by atoms with Crippen LogP contribution in [-0.2, 0) is 24.0 Å². The number of amides is 5. The molecule has 4 heterocycles. The summed E-state index contributed by atoms with van der Waals surface area (Å²) >= 11 is 9.50. The number of nitrogens with zero attached hydrogens (tertiary/aromatic N) is 5. The van der Waals surface area contributed by atoms with Crippen LogP contribution in [0.5, 0.6) is 0 Å². The number of carbonyl (C=O) groups excluding carboxylic acids is 5. The number of nitrogen functional groups attached to an aromatic ring is 1. The van der Waals surface area contributed by atoms with Crippen LogP contribution in [-0.4, -0.2) is 104 Å². The molecular weight excluding hydrogens is 938 g/mol. The van der Waals surface area contributed by atoms with Crippen LogP contribution in [0.4, 0.5) is 17.3 Å². The molecule has 2 aromatic carbocycles. The first-order valence-electron chi connectivity index (χ1n) is 23.5. The topological polar surface area (TPSA) is 251 Å². The van der Waals surface area contributed by atoms with Gasteiger partial charge in [-0.15, -0.1) is 11.3 Å². The molecule has 0 spiro atoms. The summed E-state index contributed by atoms with van der Waals surface area (Å²) in [7, 11) is 0. The van der Waals surface area contributed by atoms with Crippen molar-refractivity contribution in [3.05, 3.63) is 70.5 Å². The van der Waals surface area contributed by atoms with Gasteiger partial charge in [0.05, 0.1) is 45.1 Å². The molecule has 372 valence electrons. The van der Waals surface area contributed by atoms with Crippen molar-refractivity contribution in [2.75, 3.05) is 42.1 Å². The third-order valence-electron chi connectivity index (χ3n) is 12.5. The lowest BCUT2D eigenvalue weighted by Gasteiger charge is -2.37. The third kappa shape index (κ3) is 14.6. The Morgan fingerprint density at radius 2 is 1.68 bits per heavy atom. The highest BCUT2D eigenvalue weighted by atomic mass is 35.5. The van der Waals surface area contributed by atoms with Gasteiger partial charge in [0.1, 0.15) is 22.9 Å². The van der Waals surface area contributed by atoms with Crippen molar-refractivity contribution >= 4 is 81.6 Å². The summed E-state index contributed by atoms with van der Waals surface area (Å²) in [6, 6.07) is 10.9. The number of benzene rings is 2. The van der Waals surface area contributed by atoms with E-state index in [-0.39, 0.29) is 73.3 Å². The smallest absolute Gasteiger partial charge is 0.246 e. The Kier molecular flexibility index (Phi) is 18.1.